The van der Waals surface area contributed by atoms with Crippen LogP contribution >= 0.6 is 11.3 Å². The molecule has 0 amide bonds. The molecule has 0 fully saturated rings. The van der Waals surface area contributed by atoms with Crippen molar-refractivity contribution in [3.05, 3.63) is 80.7 Å². The lowest BCUT2D eigenvalue weighted by atomic mass is 10.0. The van der Waals surface area contributed by atoms with Gasteiger partial charge in [0.2, 0.25) is 0 Å². The van der Waals surface area contributed by atoms with Gasteiger partial charge in [0.05, 0.1) is 30.7 Å². The van der Waals surface area contributed by atoms with Gasteiger partial charge in [-0.3, -0.25) is 9.36 Å². The third-order valence-electron chi connectivity index (χ3n) is 5.29. The molecule has 0 saturated carbocycles. The van der Waals surface area contributed by atoms with E-state index in [0.29, 0.717) is 23.9 Å². The van der Waals surface area contributed by atoms with E-state index in [1.807, 2.05) is 48.7 Å². The van der Waals surface area contributed by atoms with Crippen molar-refractivity contribution in [2.24, 2.45) is 0 Å². The first-order valence-corrected chi connectivity index (χ1v) is 11.1. The van der Waals surface area contributed by atoms with E-state index in [1.54, 1.807) is 17.7 Å². The minimum absolute atomic E-state index is 0.0596. The van der Waals surface area contributed by atoms with E-state index in [-0.39, 0.29) is 5.56 Å². The first-order valence-electron chi connectivity index (χ1n) is 10.2. The molecule has 5 nitrogen and oxygen atoms in total. The molecule has 31 heavy (non-hydrogen) atoms. The molecule has 156 valence electrons. The first kappa shape index (κ1) is 20.8. The summed E-state index contributed by atoms with van der Waals surface area (Å²) < 4.78 is 7.32. The van der Waals surface area contributed by atoms with Crippen LogP contribution in [0.15, 0.2) is 52.6 Å². The second kappa shape index (κ2) is 8.75. The van der Waals surface area contributed by atoms with Gasteiger partial charge in [-0.2, -0.15) is 5.26 Å². The highest BCUT2D eigenvalue weighted by Crippen LogP contribution is 2.37. The average molecular weight is 430 g/mol. The monoisotopic (exact) mass is 429 g/mol. The second-order valence-electron chi connectivity index (χ2n) is 7.51. The Morgan fingerprint density at radius 3 is 2.77 bits per heavy atom. The van der Waals surface area contributed by atoms with Gasteiger partial charge >= 0.3 is 0 Å². The molecule has 2 aromatic carbocycles. The number of benzene rings is 2. The quantitative estimate of drug-likeness (QED) is 0.416. The number of nitriles is 1. The molecule has 4 aromatic rings. The summed E-state index contributed by atoms with van der Waals surface area (Å²) in [6, 6.07) is 15.5. The minimum atomic E-state index is -0.0596. The molecule has 0 radical (unpaired) electrons. The van der Waals surface area contributed by atoms with Crippen LogP contribution in [0.2, 0.25) is 0 Å². The Bertz CT molecular complexity index is 1360. The van der Waals surface area contributed by atoms with Gasteiger partial charge in [-0.1, -0.05) is 30.7 Å². The second-order valence-corrected chi connectivity index (χ2v) is 8.37. The molecule has 4 rings (SSSR count). The molecule has 0 aliphatic rings. The summed E-state index contributed by atoms with van der Waals surface area (Å²) in [5, 5.41) is 11.8. The number of rotatable bonds is 6. The number of hydrogen-bond donors (Lipinski definition) is 0. The largest absolute Gasteiger partial charge is 0.496 e. The van der Waals surface area contributed by atoms with Gasteiger partial charge in [-0.05, 0) is 43.2 Å². The van der Waals surface area contributed by atoms with Gasteiger partial charge in [0.25, 0.3) is 5.56 Å². The molecule has 0 spiro atoms. The molecular formula is C25H23N3O2S. The Labute approximate surface area is 185 Å². The zero-order chi connectivity index (χ0) is 22.0. The molecule has 0 bridgehead atoms. The third-order valence-corrected chi connectivity index (χ3v) is 6.16. The van der Waals surface area contributed by atoms with Crippen molar-refractivity contribution in [3.63, 3.8) is 0 Å². The van der Waals surface area contributed by atoms with Crippen LogP contribution in [0.25, 0.3) is 21.3 Å². The lowest BCUT2D eigenvalue weighted by molar-refractivity contribution is 0.416. The third kappa shape index (κ3) is 3.97. The topological polar surface area (TPSA) is 67.9 Å². The molecule has 2 aromatic heterocycles. The Kier molecular flexibility index (Phi) is 5.88. The van der Waals surface area contributed by atoms with Gasteiger partial charge < -0.3 is 4.74 Å². The predicted molar refractivity (Wildman–Crippen MR) is 125 cm³/mol. The summed E-state index contributed by atoms with van der Waals surface area (Å²) in [5.41, 5.74) is 4.27. The van der Waals surface area contributed by atoms with Crippen molar-refractivity contribution in [3.8, 4) is 22.9 Å². The van der Waals surface area contributed by atoms with Crippen molar-refractivity contribution in [2.45, 2.75) is 33.2 Å². The van der Waals surface area contributed by atoms with E-state index >= 15 is 0 Å². The van der Waals surface area contributed by atoms with Gasteiger partial charge in [0, 0.05) is 22.9 Å². The fourth-order valence-electron chi connectivity index (χ4n) is 3.80. The average Bonchev–Trinajstić information content (AvgIpc) is 3.20. The van der Waals surface area contributed by atoms with Crippen LogP contribution < -0.4 is 10.3 Å². The Balaban J connectivity index is 1.94. The van der Waals surface area contributed by atoms with Crippen molar-refractivity contribution in [1.82, 2.24) is 9.55 Å². The van der Waals surface area contributed by atoms with E-state index in [9.17, 15) is 10.1 Å². The number of aryl methyl sites for hydroxylation is 2. The van der Waals surface area contributed by atoms with E-state index in [4.69, 9.17) is 9.72 Å². The molecule has 0 atom stereocenters. The maximum absolute atomic E-state index is 13.7. The lowest BCUT2D eigenvalue weighted by Crippen LogP contribution is -2.26. The van der Waals surface area contributed by atoms with E-state index in [1.165, 1.54) is 11.3 Å². The van der Waals surface area contributed by atoms with Crippen LogP contribution in [0.4, 0.5) is 0 Å². The summed E-state index contributed by atoms with van der Waals surface area (Å²) >= 11 is 1.49. The molecule has 6 heteroatoms. The standard InChI is InChI=1S/C25H23N3O2S/c1-4-6-22-27-24-23(20(15-31-24)19-11-16(2)9-10-21(19)30-3)25(29)28(22)14-18-8-5-7-17(12-18)13-26/h5,7-12,15H,4,6,14H2,1-3H3. The van der Waals surface area contributed by atoms with Crippen molar-refractivity contribution < 1.29 is 4.74 Å². The Morgan fingerprint density at radius 1 is 1.19 bits per heavy atom. The maximum Gasteiger partial charge on any atom is 0.263 e. The molecule has 0 N–H and O–H groups in total. The van der Waals surface area contributed by atoms with Crippen LogP contribution in [-0.4, -0.2) is 16.7 Å². The van der Waals surface area contributed by atoms with Gasteiger partial charge in [0.15, 0.2) is 0 Å². The van der Waals surface area contributed by atoms with E-state index in [0.717, 1.165) is 45.1 Å². The molecule has 0 saturated heterocycles. The highest BCUT2D eigenvalue weighted by Gasteiger charge is 2.19. The number of thiophene rings is 1. The molecule has 0 aliphatic heterocycles. The van der Waals surface area contributed by atoms with Gasteiger partial charge in [-0.25, -0.2) is 4.98 Å². The molecule has 0 aliphatic carbocycles. The fraction of sp³-hybridized carbons (Fsp3) is 0.240. The number of nitrogens with zero attached hydrogens (tertiary/aromatic N) is 3. The smallest absolute Gasteiger partial charge is 0.263 e. The predicted octanol–water partition coefficient (Wildman–Crippen LogP) is 5.31. The van der Waals surface area contributed by atoms with Crippen LogP contribution in [0.3, 0.4) is 0 Å². The summed E-state index contributed by atoms with van der Waals surface area (Å²) in [6.45, 7) is 4.48. The zero-order valence-electron chi connectivity index (χ0n) is 17.8. The number of aromatic nitrogens is 2. The maximum atomic E-state index is 13.7. The Hall–Kier alpha value is -3.43. The van der Waals surface area contributed by atoms with E-state index in [2.05, 4.69) is 13.0 Å². The molecule has 0 unspecified atom stereocenters. The SMILES string of the molecule is CCCc1nc2scc(-c3cc(C)ccc3OC)c2c(=O)n1Cc1cccc(C#N)c1. The summed E-state index contributed by atoms with van der Waals surface area (Å²) in [7, 11) is 1.64. The Morgan fingerprint density at radius 2 is 2.03 bits per heavy atom. The van der Waals surface area contributed by atoms with Crippen molar-refractivity contribution >= 4 is 21.6 Å². The molecule has 2 heterocycles. The summed E-state index contributed by atoms with van der Waals surface area (Å²) in [6.07, 6.45) is 1.60. The fourth-order valence-corrected chi connectivity index (χ4v) is 4.74. The first-order chi connectivity index (χ1) is 15.0. The summed E-state index contributed by atoms with van der Waals surface area (Å²) in [4.78, 5) is 19.4. The highest BCUT2D eigenvalue weighted by molar-refractivity contribution is 7.17. The van der Waals surface area contributed by atoms with Crippen molar-refractivity contribution in [1.29, 1.82) is 5.26 Å². The molecular weight excluding hydrogens is 406 g/mol. The highest BCUT2D eigenvalue weighted by atomic mass is 32.1. The van der Waals surface area contributed by atoms with Crippen LogP contribution in [-0.2, 0) is 13.0 Å². The lowest BCUT2D eigenvalue weighted by Gasteiger charge is -2.14. The van der Waals surface area contributed by atoms with Crippen molar-refractivity contribution in [2.75, 3.05) is 7.11 Å². The number of fused-ring (bicyclic) bond motifs is 1. The minimum Gasteiger partial charge on any atom is -0.496 e. The number of ether oxygens (including phenoxy) is 1. The normalized spacial score (nSPS) is 10.9. The summed E-state index contributed by atoms with van der Waals surface area (Å²) in [5.74, 6) is 1.50. The van der Waals surface area contributed by atoms with Crippen LogP contribution in [0.5, 0.6) is 5.75 Å². The van der Waals surface area contributed by atoms with Crippen LogP contribution in [0, 0.1) is 18.3 Å². The zero-order valence-corrected chi connectivity index (χ0v) is 18.6. The van der Waals surface area contributed by atoms with Gasteiger partial charge in [0.1, 0.15) is 16.4 Å². The number of methoxy groups -OCH3 is 1. The van der Waals surface area contributed by atoms with Gasteiger partial charge in [-0.15, -0.1) is 11.3 Å². The van der Waals surface area contributed by atoms with E-state index < -0.39 is 0 Å². The number of hydrogen-bond acceptors (Lipinski definition) is 5. The van der Waals surface area contributed by atoms with Crippen LogP contribution in [0.1, 0.15) is 35.9 Å².